The number of aromatic nitrogens is 5. The minimum Gasteiger partial charge on any atom is -0.461 e. The van der Waals surface area contributed by atoms with Crippen molar-refractivity contribution in [1.82, 2.24) is 29.7 Å². The van der Waals surface area contributed by atoms with Gasteiger partial charge in [-0.1, -0.05) is 19.9 Å². The highest BCUT2D eigenvalue weighted by molar-refractivity contribution is 5.89. The maximum atomic E-state index is 12.7. The van der Waals surface area contributed by atoms with E-state index in [0.29, 0.717) is 18.1 Å². The van der Waals surface area contributed by atoms with Gasteiger partial charge in [0.25, 0.3) is 0 Å². The van der Waals surface area contributed by atoms with Gasteiger partial charge in [-0.15, -0.1) is 10.2 Å². The van der Waals surface area contributed by atoms with Gasteiger partial charge >= 0.3 is 12.0 Å². The fourth-order valence-electron chi connectivity index (χ4n) is 3.39. The standard InChI is InChI=1S/C23H25N7O3/c1-4-33-22(31)18-12-14-30(28-18)17-10-8-16(9-11-17)24-23(32)25-20(15(2)3)21-27-26-19-7-5-6-13-29(19)21/h5-15,20H,4H2,1-3H3,(H2,24,25,32). The molecule has 2 N–H and O–H groups in total. The summed E-state index contributed by atoms with van der Waals surface area (Å²) < 4.78 is 8.40. The Balaban J connectivity index is 1.43. The van der Waals surface area contributed by atoms with E-state index in [1.54, 1.807) is 48.1 Å². The Kier molecular flexibility index (Phi) is 6.34. The third-order valence-electron chi connectivity index (χ3n) is 5.03. The Bertz CT molecular complexity index is 1260. The highest BCUT2D eigenvalue weighted by Gasteiger charge is 2.23. The number of pyridine rings is 1. The molecular formula is C23H25N7O3. The zero-order valence-corrected chi connectivity index (χ0v) is 18.6. The maximum absolute atomic E-state index is 12.7. The predicted molar refractivity (Wildman–Crippen MR) is 122 cm³/mol. The number of nitrogens with one attached hydrogen (secondary N) is 2. The van der Waals surface area contributed by atoms with Crippen molar-refractivity contribution in [3.05, 3.63) is 72.4 Å². The first kappa shape index (κ1) is 22.0. The predicted octanol–water partition coefficient (Wildman–Crippen LogP) is 3.61. The average Bonchev–Trinajstić information content (AvgIpc) is 3.46. The van der Waals surface area contributed by atoms with Crippen molar-refractivity contribution in [3.63, 3.8) is 0 Å². The molecule has 0 saturated carbocycles. The molecule has 4 rings (SSSR count). The minimum absolute atomic E-state index is 0.0964. The number of carbonyl (C=O) groups excluding carboxylic acids is 2. The molecule has 2 amide bonds. The molecule has 0 fully saturated rings. The number of benzene rings is 1. The van der Waals surface area contributed by atoms with E-state index in [9.17, 15) is 9.59 Å². The summed E-state index contributed by atoms with van der Waals surface area (Å²) in [5, 5.41) is 18.5. The lowest BCUT2D eigenvalue weighted by atomic mass is 10.0. The van der Waals surface area contributed by atoms with E-state index in [4.69, 9.17) is 4.74 Å². The first-order valence-corrected chi connectivity index (χ1v) is 10.7. The molecule has 170 valence electrons. The van der Waals surface area contributed by atoms with Gasteiger partial charge in [-0.2, -0.15) is 5.10 Å². The number of ether oxygens (including phenoxy) is 1. The zero-order chi connectivity index (χ0) is 23.4. The van der Waals surface area contributed by atoms with Crippen LogP contribution in [0.5, 0.6) is 0 Å². The maximum Gasteiger partial charge on any atom is 0.358 e. The van der Waals surface area contributed by atoms with Gasteiger partial charge in [0.1, 0.15) is 0 Å². The number of amides is 2. The third-order valence-corrected chi connectivity index (χ3v) is 5.03. The van der Waals surface area contributed by atoms with Crippen LogP contribution in [-0.4, -0.2) is 43.0 Å². The van der Waals surface area contributed by atoms with Crippen LogP contribution < -0.4 is 10.6 Å². The van der Waals surface area contributed by atoms with Crippen LogP contribution in [0.3, 0.4) is 0 Å². The lowest BCUT2D eigenvalue weighted by Gasteiger charge is -2.21. The van der Waals surface area contributed by atoms with E-state index >= 15 is 0 Å². The van der Waals surface area contributed by atoms with E-state index in [2.05, 4.69) is 25.9 Å². The number of anilines is 1. The van der Waals surface area contributed by atoms with Gasteiger partial charge in [-0.3, -0.25) is 4.40 Å². The number of nitrogens with zero attached hydrogens (tertiary/aromatic N) is 5. The van der Waals surface area contributed by atoms with Gasteiger partial charge in [0.15, 0.2) is 17.2 Å². The highest BCUT2D eigenvalue weighted by Crippen LogP contribution is 2.21. The Morgan fingerprint density at radius 3 is 2.55 bits per heavy atom. The Labute approximate surface area is 190 Å². The molecule has 0 spiro atoms. The van der Waals surface area contributed by atoms with Crippen molar-refractivity contribution in [2.45, 2.75) is 26.8 Å². The van der Waals surface area contributed by atoms with Gasteiger partial charge in [-0.05, 0) is 55.3 Å². The van der Waals surface area contributed by atoms with Crippen molar-refractivity contribution < 1.29 is 14.3 Å². The summed E-state index contributed by atoms with van der Waals surface area (Å²) >= 11 is 0. The number of rotatable bonds is 7. The molecule has 1 unspecified atom stereocenters. The smallest absolute Gasteiger partial charge is 0.358 e. The SMILES string of the molecule is CCOC(=O)c1ccn(-c2ccc(NC(=O)NC(c3nnc4ccccn34)C(C)C)cc2)n1. The van der Waals surface area contributed by atoms with Crippen LogP contribution in [0.25, 0.3) is 11.3 Å². The van der Waals surface area contributed by atoms with Gasteiger partial charge in [0.05, 0.1) is 18.3 Å². The third kappa shape index (κ3) is 4.84. The zero-order valence-electron chi connectivity index (χ0n) is 18.6. The fraction of sp³-hybridized carbons (Fsp3) is 0.261. The molecule has 33 heavy (non-hydrogen) atoms. The molecule has 1 atom stereocenters. The molecule has 0 aliphatic rings. The molecule has 0 aliphatic carbocycles. The van der Waals surface area contributed by atoms with E-state index in [0.717, 1.165) is 11.3 Å². The number of fused-ring (bicyclic) bond motifs is 1. The van der Waals surface area contributed by atoms with Crippen LogP contribution in [0, 0.1) is 5.92 Å². The molecule has 0 aliphatic heterocycles. The summed E-state index contributed by atoms with van der Waals surface area (Å²) in [7, 11) is 0. The van der Waals surface area contributed by atoms with Gasteiger partial charge in [0, 0.05) is 18.1 Å². The van der Waals surface area contributed by atoms with Crippen LogP contribution in [0.1, 0.15) is 43.1 Å². The summed E-state index contributed by atoms with van der Waals surface area (Å²) in [5.74, 6) is 0.299. The normalized spacial score (nSPS) is 12.0. The van der Waals surface area contributed by atoms with E-state index in [1.807, 2.05) is 42.6 Å². The number of esters is 1. The average molecular weight is 447 g/mol. The van der Waals surface area contributed by atoms with Crippen LogP contribution in [0.4, 0.5) is 10.5 Å². The monoisotopic (exact) mass is 447 g/mol. The second kappa shape index (κ2) is 9.51. The number of urea groups is 1. The van der Waals surface area contributed by atoms with Crippen molar-refractivity contribution in [2.24, 2.45) is 5.92 Å². The topological polar surface area (TPSA) is 115 Å². The Morgan fingerprint density at radius 2 is 1.82 bits per heavy atom. The van der Waals surface area contributed by atoms with Crippen LogP contribution in [0.2, 0.25) is 0 Å². The molecule has 1 aromatic carbocycles. The summed E-state index contributed by atoms with van der Waals surface area (Å²) in [6.07, 6.45) is 3.55. The molecule has 0 radical (unpaired) electrons. The van der Waals surface area contributed by atoms with Crippen LogP contribution in [0.15, 0.2) is 60.9 Å². The number of carbonyl (C=O) groups is 2. The molecule has 10 nitrogen and oxygen atoms in total. The van der Waals surface area contributed by atoms with Gasteiger partial charge in [-0.25, -0.2) is 14.3 Å². The highest BCUT2D eigenvalue weighted by atomic mass is 16.5. The summed E-state index contributed by atoms with van der Waals surface area (Å²) in [6, 6.07) is 13.7. The van der Waals surface area contributed by atoms with E-state index in [1.165, 1.54) is 0 Å². The quantitative estimate of drug-likeness (QED) is 0.418. The fourth-order valence-corrected chi connectivity index (χ4v) is 3.39. The van der Waals surface area contributed by atoms with Crippen LogP contribution >= 0.6 is 0 Å². The van der Waals surface area contributed by atoms with Gasteiger partial charge < -0.3 is 15.4 Å². The summed E-state index contributed by atoms with van der Waals surface area (Å²) in [6.45, 7) is 6.06. The van der Waals surface area contributed by atoms with Crippen molar-refractivity contribution >= 4 is 23.3 Å². The van der Waals surface area contributed by atoms with E-state index < -0.39 is 5.97 Å². The molecule has 3 aromatic heterocycles. The lowest BCUT2D eigenvalue weighted by Crippen LogP contribution is -2.36. The largest absolute Gasteiger partial charge is 0.461 e. The molecule has 4 aromatic rings. The summed E-state index contributed by atoms with van der Waals surface area (Å²) in [5.41, 5.74) is 2.31. The molecule has 10 heteroatoms. The Morgan fingerprint density at radius 1 is 1.03 bits per heavy atom. The molecule has 3 heterocycles. The van der Waals surface area contributed by atoms with Crippen molar-refractivity contribution in [1.29, 1.82) is 0 Å². The Hall–Kier alpha value is -4.21. The first-order valence-electron chi connectivity index (χ1n) is 10.7. The number of hydrogen-bond acceptors (Lipinski definition) is 6. The van der Waals surface area contributed by atoms with Gasteiger partial charge in [0.2, 0.25) is 0 Å². The summed E-state index contributed by atoms with van der Waals surface area (Å²) in [4.78, 5) is 24.5. The lowest BCUT2D eigenvalue weighted by molar-refractivity contribution is 0.0519. The molecule has 0 bridgehead atoms. The van der Waals surface area contributed by atoms with Crippen molar-refractivity contribution in [3.8, 4) is 5.69 Å². The number of hydrogen-bond donors (Lipinski definition) is 2. The second-order valence-electron chi connectivity index (χ2n) is 7.72. The molecule has 0 saturated heterocycles. The second-order valence-corrected chi connectivity index (χ2v) is 7.72. The molecular weight excluding hydrogens is 422 g/mol. The first-order chi connectivity index (χ1) is 16.0. The minimum atomic E-state index is -0.466. The van der Waals surface area contributed by atoms with Crippen molar-refractivity contribution in [2.75, 3.05) is 11.9 Å². The van der Waals surface area contributed by atoms with Crippen LogP contribution in [-0.2, 0) is 4.74 Å². The van der Waals surface area contributed by atoms with E-state index in [-0.39, 0.29) is 23.7 Å².